The van der Waals surface area contributed by atoms with E-state index in [1.54, 1.807) is 6.92 Å². The maximum absolute atomic E-state index is 11.5. The Kier molecular flexibility index (Phi) is 1.20. The van der Waals surface area contributed by atoms with Crippen molar-refractivity contribution < 1.29 is 9.59 Å². The average molecular weight is 164 g/mol. The quantitative estimate of drug-likeness (QED) is 0.541. The Morgan fingerprint density at radius 1 is 1.25 bits per heavy atom. The Morgan fingerprint density at radius 2 is 1.83 bits per heavy atom. The maximum atomic E-state index is 11.5. The smallest absolute Gasteiger partial charge is 0.163 e. The second-order valence-electron chi connectivity index (χ2n) is 4.37. The number of hydrogen-bond acceptors (Lipinski definition) is 2. The molecule has 64 valence electrons. The van der Waals surface area contributed by atoms with E-state index in [0.717, 1.165) is 0 Å². The van der Waals surface area contributed by atoms with E-state index in [-0.39, 0.29) is 28.8 Å². The zero-order valence-corrected chi connectivity index (χ0v) is 7.55. The molecule has 0 N–H and O–H groups in total. The molecule has 2 rings (SSSR count). The van der Waals surface area contributed by atoms with Crippen LogP contribution in [-0.4, -0.2) is 11.6 Å². The van der Waals surface area contributed by atoms with Gasteiger partial charge in [0.25, 0.3) is 0 Å². The van der Waals surface area contributed by atoms with E-state index in [4.69, 9.17) is 0 Å². The zero-order chi connectivity index (χ0) is 9.09. The lowest BCUT2D eigenvalue weighted by Gasteiger charge is -2.03. The maximum Gasteiger partial charge on any atom is 0.163 e. The lowest BCUT2D eigenvalue weighted by Crippen LogP contribution is -2.14. The standard InChI is InChI=1S/C10H12O2/c1-5-4-6(11)7-8(9(5)12)10(7,2)3/h4,7-8H,1-3H3/t7-,8+/m1/s1. The molecule has 1 fully saturated rings. The normalized spacial score (nSPS) is 37.4. The molecule has 0 bridgehead atoms. The minimum atomic E-state index is -0.0809. The van der Waals surface area contributed by atoms with Gasteiger partial charge in [-0.2, -0.15) is 0 Å². The molecule has 0 saturated heterocycles. The number of rotatable bonds is 0. The topological polar surface area (TPSA) is 34.1 Å². The SMILES string of the molecule is CC1=CC(=O)[C@@H]2[C@@H](C1=O)C2(C)C. The Morgan fingerprint density at radius 3 is 2.42 bits per heavy atom. The molecule has 2 aliphatic carbocycles. The van der Waals surface area contributed by atoms with Crippen LogP contribution < -0.4 is 0 Å². The van der Waals surface area contributed by atoms with Crippen LogP contribution >= 0.6 is 0 Å². The first-order valence-electron chi connectivity index (χ1n) is 4.22. The summed E-state index contributed by atoms with van der Waals surface area (Å²) < 4.78 is 0. The summed E-state index contributed by atoms with van der Waals surface area (Å²) >= 11 is 0. The summed E-state index contributed by atoms with van der Waals surface area (Å²) in [7, 11) is 0. The highest BCUT2D eigenvalue weighted by Crippen LogP contribution is 2.61. The molecular formula is C10H12O2. The van der Waals surface area contributed by atoms with E-state index in [9.17, 15) is 9.59 Å². The van der Waals surface area contributed by atoms with Crippen molar-refractivity contribution in [3.63, 3.8) is 0 Å². The van der Waals surface area contributed by atoms with Gasteiger partial charge in [0.05, 0.1) is 0 Å². The van der Waals surface area contributed by atoms with E-state index in [1.165, 1.54) is 6.08 Å². The number of carbonyl (C=O) groups excluding carboxylic acids is 2. The molecule has 2 atom stereocenters. The van der Waals surface area contributed by atoms with Gasteiger partial charge in [-0.15, -0.1) is 0 Å². The molecule has 12 heavy (non-hydrogen) atoms. The number of Topliss-reactive ketones (excluding diaryl/α,β-unsaturated/α-hetero) is 1. The molecule has 0 aliphatic heterocycles. The Hall–Kier alpha value is -0.920. The van der Waals surface area contributed by atoms with E-state index >= 15 is 0 Å². The molecule has 0 aromatic rings. The van der Waals surface area contributed by atoms with Crippen molar-refractivity contribution in [1.82, 2.24) is 0 Å². The molecule has 1 saturated carbocycles. The van der Waals surface area contributed by atoms with E-state index in [0.29, 0.717) is 5.57 Å². The van der Waals surface area contributed by atoms with Gasteiger partial charge < -0.3 is 0 Å². The van der Waals surface area contributed by atoms with E-state index in [1.807, 2.05) is 13.8 Å². The molecule has 0 spiro atoms. The van der Waals surface area contributed by atoms with Crippen molar-refractivity contribution >= 4 is 11.6 Å². The number of ketones is 2. The van der Waals surface area contributed by atoms with Gasteiger partial charge in [0.2, 0.25) is 0 Å². The summed E-state index contributed by atoms with van der Waals surface area (Å²) in [6.45, 7) is 5.71. The molecule has 0 aromatic heterocycles. The highest BCUT2D eigenvalue weighted by atomic mass is 16.1. The monoisotopic (exact) mass is 164 g/mol. The Labute approximate surface area is 71.6 Å². The number of hydrogen-bond donors (Lipinski definition) is 0. The van der Waals surface area contributed by atoms with Crippen LogP contribution in [0.5, 0.6) is 0 Å². The van der Waals surface area contributed by atoms with Crippen molar-refractivity contribution in [3.8, 4) is 0 Å². The molecule has 0 radical (unpaired) electrons. The lowest BCUT2D eigenvalue weighted by molar-refractivity contribution is -0.122. The molecule has 2 nitrogen and oxygen atoms in total. The van der Waals surface area contributed by atoms with Gasteiger partial charge in [-0.25, -0.2) is 0 Å². The van der Waals surface area contributed by atoms with Crippen molar-refractivity contribution in [1.29, 1.82) is 0 Å². The average Bonchev–Trinajstić information content (AvgIpc) is 2.50. The predicted molar refractivity (Wildman–Crippen MR) is 44.5 cm³/mol. The fourth-order valence-corrected chi connectivity index (χ4v) is 2.28. The molecule has 0 heterocycles. The third-order valence-corrected chi connectivity index (χ3v) is 3.16. The summed E-state index contributed by atoms with van der Waals surface area (Å²) in [6, 6.07) is 0. The van der Waals surface area contributed by atoms with Gasteiger partial charge in [-0.05, 0) is 24.0 Å². The molecule has 2 heteroatoms. The first kappa shape index (κ1) is 7.71. The summed E-state index contributed by atoms with van der Waals surface area (Å²) in [5, 5.41) is 0. The van der Waals surface area contributed by atoms with Crippen LogP contribution in [0.2, 0.25) is 0 Å². The second kappa shape index (κ2) is 1.87. The third kappa shape index (κ3) is 0.701. The molecule has 0 amide bonds. The molecular weight excluding hydrogens is 152 g/mol. The van der Waals surface area contributed by atoms with Crippen LogP contribution in [0.25, 0.3) is 0 Å². The Balaban J connectivity index is 2.42. The van der Waals surface area contributed by atoms with Crippen LogP contribution in [0.4, 0.5) is 0 Å². The summed E-state index contributed by atoms with van der Waals surface area (Å²) in [5.74, 6) is 0.274. The number of allylic oxidation sites excluding steroid dienone is 2. The van der Waals surface area contributed by atoms with Gasteiger partial charge in [-0.1, -0.05) is 13.8 Å². The highest BCUT2D eigenvalue weighted by Gasteiger charge is 2.65. The fourth-order valence-electron chi connectivity index (χ4n) is 2.28. The van der Waals surface area contributed by atoms with Crippen LogP contribution in [0, 0.1) is 17.3 Å². The van der Waals surface area contributed by atoms with Gasteiger partial charge in [0, 0.05) is 11.8 Å². The van der Waals surface area contributed by atoms with Crippen LogP contribution in [-0.2, 0) is 9.59 Å². The van der Waals surface area contributed by atoms with Crippen molar-refractivity contribution in [3.05, 3.63) is 11.6 Å². The highest BCUT2D eigenvalue weighted by molar-refractivity contribution is 6.14. The van der Waals surface area contributed by atoms with E-state index in [2.05, 4.69) is 0 Å². The van der Waals surface area contributed by atoms with E-state index < -0.39 is 0 Å². The summed E-state index contributed by atoms with van der Waals surface area (Å²) in [6.07, 6.45) is 1.50. The van der Waals surface area contributed by atoms with Gasteiger partial charge in [0.15, 0.2) is 11.6 Å². The number of carbonyl (C=O) groups is 2. The largest absolute Gasteiger partial charge is 0.294 e. The summed E-state index contributed by atoms with van der Waals surface area (Å²) in [5.41, 5.74) is 0.550. The second-order valence-corrected chi connectivity index (χ2v) is 4.37. The number of fused-ring (bicyclic) bond motifs is 1. The van der Waals surface area contributed by atoms with Crippen LogP contribution in [0.3, 0.4) is 0 Å². The zero-order valence-electron chi connectivity index (χ0n) is 7.55. The van der Waals surface area contributed by atoms with Gasteiger partial charge in [-0.3, -0.25) is 9.59 Å². The molecule has 0 aromatic carbocycles. The fraction of sp³-hybridized carbons (Fsp3) is 0.600. The predicted octanol–water partition coefficient (Wildman–Crippen LogP) is 1.36. The Bertz CT molecular complexity index is 310. The minimum Gasteiger partial charge on any atom is -0.294 e. The van der Waals surface area contributed by atoms with Crippen molar-refractivity contribution in [2.45, 2.75) is 20.8 Å². The van der Waals surface area contributed by atoms with Crippen LogP contribution in [0.1, 0.15) is 20.8 Å². The van der Waals surface area contributed by atoms with Crippen LogP contribution in [0.15, 0.2) is 11.6 Å². The summed E-state index contributed by atoms with van der Waals surface area (Å²) in [4.78, 5) is 22.9. The van der Waals surface area contributed by atoms with Crippen molar-refractivity contribution in [2.75, 3.05) is 0 Å². The van der Waals surface area contributed by atoms with Crippen molar-refractivity contribution in [2.24, 2.45) is 17.3 Å². The van der Waals surface area contributed by atoms with Gasteiger partial charge in [0.1, 0.15) is 0 Å². The first-order valence-corrected chi connectivity index (χ1v) is 4.22. The minimum absolute atomic E-state index is 0.0185. The molecule has 2 aliphatic rings. The first-order chi connectivity index (χ1) is 5.46. The lowest BCUT2D eigenvalue weighted by atomic mass is 9.99. The molecule has 0 unspecified atom stereocenters. The third-order valence-electron chi connectivity index (χ3n) is 3.16. The van der Waals surface area contributed by atoms with Gasteiger partial charge >= 0.3 is 0 Å².